The number of anilines is 1. The van der Waals surface area contributed by atoms with Crippen LogP contribution in [0, 0.1) is 6.92 Å². The lowest BCUT2D eigenvalue weighted by molar-refractivity contribution is 0.187. The summed E-state index contributed by atoms with van der Waals surface area (Å²) in [5, 5.41) is 4.45. The molecule has 1 saturated heterocycles. The second kappa shape index (κ2) is 6.41. The standard InChI is InChI=1S/C15H26N4S/c1-12-14(11-16-2)20-15(17-12)19-9-7-18(8-10-19)13-5-3-4-6-13/h13,16H,3-11H2,1-2H3. The topological polar surface area (TPSA) is 31.4 Å². The van der Waals surface area contributed by atoms with Gasteiger partial charge in [0.2, 0.25) is 0 Å². The molecule has 112 valence electrons. The third kappa shape index (κ3) is 3.00. The summed E-state index contributed by atoms with van der Waals surface area (Å²) in [5.74, 6) is 0. The van der Waals surface area contributed by atoms with Crippen molar-refractivity contribution in [2.45, 2.75) is 45.2 Å². The zero-order valence-electron chi connectivity index (χ0n) is 12.7. The largest absolute Gasteiger partial charge is 0.346 e. The summed E-state index contributed by atoms with van der Waals surface area (Å²) in [7, 11) is 2.00. The Balaban J connectivity index is 1.58. The molecule has 2 aliphatic rings. The monoisotopic (exact) mass is 294 g/mol. The van der Waals surface area contributed by atoms with E-state index in [0.29, 0.717) is 0 Å². The molecule has 2 heterocycles. The third-order valence-electron chi connectivity index (χ3n) is 4.64. The number of nitrogens with zero attached hydrogens (tertiary/aromatic N) is 3. The lowest BCUT2D eigenvalue weighted by Crippen LogP contribution is -2.49. The van der Waals surface area contributed by atoms with Gasteiger partial charge in [-0.3, -0.25) is 4.90 Å². The SMILES string of the molecule is CNCc1sc(N2CCN(C3CCCC3)CC2)nc1C. The Kier molecular flexibility index (Phi) is 4.58. The number of aryl methyl sites for hydroxylation is 1. The Hall–Kier alpha value is -0.650. The van der Waals surface area contributed by atoms with Gasteiger partial charge in [-0.25, -0.2) is 4.98 Å². The molecule has 20 heavy (non-hydrogen) atoms. The first-order chi connectivity index (χ1) is 9.78. The molecule has 0 bridgehead atoms. The van der Waals surface area contributed by atoms with Crippen LogP contribution in [0.4, 0.5) is 5.13 Å². The molecule has 1 aromatic rings. The minimum atomic E-state index is 0.870. The van der Waals surface area contributed by atoms with E-state index in [1.807, 2.05) is 18.4 Å². The fourth-order valence-electron chi connectivity index (χ4n) is 3.42. The molecular formula is C15H26N4S. The van der Waals surface area contributed by atoms with Crippen molar-refractivity contribution in [3.8, 4) is 0 Å². The molecular weight excluding hydrogens is 268 g/mol. The summed E-state index contributed by atoms with van der Waals surface area (Å²) in [5.41, 5.74) is 1.19. The Morgan fingerprint density at radius 2 is 1.90 bits per heavy atom. The minimum Gasteiger partial charge on any atom is -0.346 e. The van der Waals surface area contributed by atoms with Crippen LogP contribution in [-0.2, 0) is 6.54 Å². The van der Waals surface area contributed by atoms with E-state index in [1.54, 1.807) is 0 Å². The predicted molar refractivity (Wildman–Crippen MR) is 85.7 cm³/mol. The second-order valence-electron chi connectivity index (χ2n) is 6.00. The van der Waals surface area contributed by atoms with E-state index in [4.69, 9.17) is 4.98 Å². The first kappa shape index (κ1) is 14.3. The maximum absolute atomic E-state index is 4.76. The molecule has 0 unspecified atom stereocenters. The van der Waals surface area contributed by atoms with Gasteiger partial charge >= 0.3 is 0 Å². The number of nitrogens with one attached hydrogen (secondary N) is 1. The average molecular weight is 294 g/mol. The van der Waals surface area contributed by atoms with Crippen molar-refractivity contribution >= 4 is 16.5 Å². The van der Waals surface area contributed by atoms with Gasteiger partial charge in [-0.1, -0.05) is 12.8 Å². The average Bonchev–Trinajstić information content (AvgIpc) is 3.10. The van der Waals surface area contributed by atoms with Crippen LogP contribution in [0.2, 0.25) is 0 Å². The molecule has 2 fully saturated rings. The Morgan fingerprint density at radius 3 is 2.55 bits per heavy atom. The van der Waals surface area contributed by atoms with E-state index in [1.165, 1.54) is 54.5 Å². The van der Waals surface area contributed by atoms with Crippen LogP contribution in [0.25, 0.3) is 0 Å². The van der Waals surface area contributed by atoms with Crippen LogP contribution >= 0.6 is 11.3 Å². The molecule has 0 atom stereocenters. The van der Waals surface area contributed by atoms with Crippen molar-refractivity contribution in [3.05, 3.63) is 10.6 Å². The van der Waals surface area contributed by atoms with Crippen LogP contribution in [0.15, 0.2) is 0 Å². The van der Waals surface area contributed by atoms with Gasteiger partial charge in [0.05, 0.1) is 5.69 Å². The van der Waals surface area contributed by atoms with Gasteiger partial charge in [0, 0.05) is 43.6 Å². The summed E-state index contributed by atoms with van der Waals surface area (Å²) in [6.07, 6.45) is 5.71. The van der Waals surface area contributed by atoms with Crippen LogP contribution in [0.3, 0.4) is 0 Å². The van der Waals surface area contributed by atoms with Crippen LogP contribution in [0.1, 0.15) is 36.3 Å². The molecule has 1 N–H and O–H groups in total. The maximum Gasteiger partial charge on any atom is 0.185 e. The molecule has 0 aromatic carbocycles. The van der Waals surface area contributed by atoms with Crippen molar-refractivity contribution in [1.29, 1.82) is 0 Å². The number of thiazole rings is 1. The molecule has 1 saturated carbocycles. The molecule has 0 amide bonds. The Morgan fingerprint density at radius 1 is 1.20 bits per heavy atom. The van der Waals surface area contributed by atoms with Crippen LogP contribution in [0.5, 0.6) is 0 Å². The van der Waals surface area contributed by atoms with E-state index in [2.05, 4.69) is 22.0 Å². The molecule has 1 aromatic heterocycles. The lowest BCUT2D eigenvalue weighted by atomic mass is 10.2. The molecule has 5 heteroatoms. The Bertz CT molecular complexity index is 431. The summed E-state index contributed by atoms with van der Waals surface area (Å²) in [4.78, 5) is 11.3. The zero-order chi connectivity index (χ0) is 13.9. The van der Waals surface area contributed by atoms with Gasteiger partial charge in [-0.05, 0) is 26.8 Å². The van der Waals surface area contributed by atoms with E-state index >= 15 is 0 Å². The second-order valence-corrected chi connectivity index (χ2v) is 7.06. The number of rotatable bonds is 4. The van der Waals surface area contributed by atoms with Crippen molar-refractivity contribution in [2.75, 3.05) is 38.1 Å². The number of hydrogen-bond acceptors (Lipinski definition) is 5. The fraction of sp³-hybridized carbons (Fsp3) is 0.800. The highest BCUT2D eigenvalue weighted by molar-refractivity contribution is 7.15. The van der Waals surface area contributed by atoms with Gasteiger partial charge in [0.25, 0.3) is 0 Å². The van der Waals surface area contributed by atoms with Gasteiger partial charge in [0.1, 0.15) is 0 Å². The lowest BCUT2D eigenvalue weighted by Gasteiger charge is -2.37. The molecule has 3 rings (SSSR count). The van der Waals surface area contributed by atoms with Crippen molar-refractivity contribution in [1.82, 2.24) is 15.2 Å². The van der Waals surface area contributed by atoms with E-state index in [-0.39, 0.29) is 0 Å². The van der Waals surface area contributed by atoms with Crippen LogP contribution in [-0.4, -0.2) is 49.2 Å². The summed E-state index contributed by atoms with van der Waals surface area (Å²) < 4.78 is 0. The highest BCUT2D eigenvalue weighted by Gasteiger charge is 2.27. The molecule has 0 spiro atoms. The maximum atomic E-state index is 4.76. The quantitative estimate of drug-likeness (QED) is 0.923. The zero-order valence-corrected chi connectivity index (χ0v) is 13.5. The highest BCUT2D eigenvalue weighted by atomic mass is 32.1. The highest BCUT2D eigenvalue weighted by Crippen LogP contribution is 2.29. The van der Waals surface area contributed by atoms with Crippen molar-refractivity contribution < 1.29 is 0 Å². The van der Waals surface area contributed by atoms with E-state index < -0.39 is 0 Å². The van der Waals surface area contributed by atoms with Gasteiger partial charge in [0.15, 0.2) is 5.13 Å². The first-order valence-electron chi connectivity index (χ1n) is 7.88. The minimum absolute atomic E-state index is 0.870. The Labute approximate surface area is 126 Å². The summed E-state index contributed by atoms with van der Waals surface area (Å²) in [6, 6.07) is 0.870. The van der Waals surface area contributed by atoms with Crippen molar-refractivity contribution in [2.24, 2.45) is 0 Å². The number of piperazine rings is 1. The van der Waals surface area contributed by atoms with Gasteiger partial charge in [-0.15, -0.1) is 11.3 Å². The molecule has 4 nitrogen and oxygen atoms in total. The predicted octanol–water partition coefficient (Wildman–Crippen LogP) is 2.24. The molecule has 0 radical (unpaired) electrons. The van der Waals surface area contributed by atoms with Crippen molar-refractivity contribution in [3.63, 3.8) is 0 Å². The first-order valence-corrected chi connectivity index (χ1v) is 8.69. The van der Waals surface area contributed by atoms with E-state index in [9.17, 15) is 0 Å². The molecule has 1 aliphatic carbocycles. The van der Waals surface area contributed by atoms with Crippen LogP contribution < -0.4 is 10.2 Å². The van der Waals surface area contributed by atoms with Gasteiger partial charge in [-0.2, -0.15) is 0 Å². The fourth-order valence-corrected chi connectivity index (χ4v) is 4.54. The summed E-state index contributed by atoms with van der Waals surface area (Å²) in [6.45, 7) is 7.77. The third-order valence-corrected chi connectivity index (χ3v) is 5.86. The van der Waals surface area contributed by atoms with E-state index in [0.717, 1.165) is 25.7 Å². The number of aromatic nitrogens is 1. The smallest absolute Gasteiger partial charge is 0.185 e. The summed E-state index contributed by atoms with van der Waals surface area (Å²) >= 11 is 1.86. The normalized spacial score (nSPS) is 21.8. The van der Waals surface area contributed by atoms with Gasteiger partial charge < -0.3 is 10.2 Å². The molecule has 1 aliphatic heterocycles. The number of hydrogen-bond donors (Lipinski definition) is 1.